The van der Waals surface area contributed by atoms with Gasteiger partial charge in [0.05, 0.1) is 20.3 Å². The van der Waals surface area contributed by atoms with Gasteiger partial charge in [0, 0.05) is 18.5 Å². The lowest BCUT2D eigenvalue weighted by Gasteiger charge is -2.11. The average Bonchev–Trinajstić information content (AvgIpc) is 2.60. The van der Waals surface area contributed by atoms with E-state index >= 15 is 0 Å². The van der Waals surface area contributed by atoms with Gasteiger partial charge in [0.1, 0.15) is 0 Å². The van der Waals surface area contributed by atoms with E-state index in [1.54, 1.807) is 19.1 Å². The van der Waals surface area contributed by atoms with Gasteiger partial charge in [0.25, 0.3) is 5.91 Å². The highest BCUT2D eigenvalue weighted by Crippen LogP contribution is 2.27. The minimum atomic E-state index is -0.596. The quantitative estimate of drug-likeness (QED) is 0.601. The molecule has 3 amide bonds. The minimum Gasteiger partial charge on any atom is -0.493 e. The first-order valence-electron chi connectivity index (χ1n) is 7.82. The summed E-state index contributed by atoms with van der Waals surface area (Å²) in [6, 6.07) is 4.68. The molecule has 0 bridgehead atoms. The molecule has 0 fully saturated rings. The summed E-state index contributed by atoms with van der Waals surface area (Å²) in [4.78, 5) is 34.7. The third-order valence-electron chi connectivity index (χ3n) is 2.94. The number of hydrogen-bond acceptors (Lipinski definition) is 6. The van der Waals surface area contributed by atoms with E-state index in [9.17, 15) is 14.4 Å². The number of carbonyl (C=O) groups is 3. The van der Waals surface area contributed by atoms with Crippen molar-refractivity contribution >= 4 is 17.9 Å². The number of nitrogens with one attached hydrogen (secondary N) is 3. The summed E-state index contributed by atoms with van der Waals surface area (Å²) in [5.41, 5.74) is 4.84. The summed E-state index contributed by atoms with van der Waals surface area (Å²) >= 11 is 0. The number of amides is 3. The maximum Gasteiger partial charge on any atom is 0.407 e. The Kier molecular flexibility index (Phi) is 8.62. The number of ether oxygens (including phenoxy) is 3. The lowest BCUT2D eigenvalue weighted by Crippen LogP contribution is -2.42. The van der Waals surface area contributed by atoms with Crippen LogP contribution in [0.15, 0.2) is 18.2 Å². The predicted octanol–water partition coefficient (Wildman–Crippen LogP) is 0.991. The Morgan fingerprint density at radius 2 is 1.80 bits per heavy atom. The number of rotatable bonds is 8. The number of benzene rings is 1. The summed E-state index contributed by atoms with van der Waals surface area (Å²) in [5.74, 6) is -0.0220. The molecule has 1 aromatic carbocycles. The van der Waals surface area contributed by atoms with E-state index in [-0.39, 0.29) is 19.6 Å². The molecule has 0 aliphatic rings. The van der Waals surface area contributed by atoms with Gasteiger partial charge in [-0.2, -0.15) is 0 Å². The van der Waals surface area contributed by atoms with E-state index in [1.165, 1.54) is 13.2 Å². The van der Waals surface area contributed by atoms with Gasteiger partial charge in [0.15, 0.2) is 11.5 Å². The van der Waals surface area contributed by atoms with Gasteiger partial charge in [-0.15, -0.1) is 0 Å². The summed E-state index contributed by atoms with van der Waals surface area (Å²) in [5, 5.41) is 2.40. The maximum atomic E-state index is 12.0. The molecule has 0 aromatic heterocycles. The fraction of sp³-hybridized carbons (Fsp3) is 0.438. The molecule has 9 heteroatoms. The average molecular weight is 353 g/mol. The Bertz CT molecular complexity index is 606. The third-order valence-corrected chi connectivity index (χ3v) is 2.94. The Balaban J connectivity index is 2.45. The molecule has 25 heavy (non-hydrogen) atoms. The second kappa shape index (κ2) is 10.7. The second-order valence-electron chi connectivity index (χ2n) is 4.70. The van der Waals surface area contributed by atoms with Crippen LogP contribution in [0.1, 0.15) is 30.6 Å². The summed E-state index contributed by atoms with van der Waals surface area (Å²) in [7, 11) is 1.47. The minimum absolute atomic E-state index is 0.00824. The van der Waals surface area contributed by atoms with Gasteiger partial charge in [-0.3, -0.25) is 20.4 Å². The summed E-state index contributed by atoms with van der Waals surface area (Å²) in [6.45, 7) is 4.33. The van der Waals surface area contributed by atoms with Gasteiger partial charge in [-0.1, -0.05) is 0 Å². The molecule has 0 saturated carbocycles. The molecule has 9 nitrogen and oxygen atoms in total. The molecule has 3 N–H and O–H groups in total. The van der Waals surface area contributed by atoms with Gasteiger partial charge >= 0.3 is 6.09 Å². The Morgan fingerprint density at radius 1 is 1.04 bits per heavy atom. The molecular weight excluding hydrogens is 330 g/mol. The van der Waals surface area contributed by atoms with E-state index in [1.807, 2.05) is 6.92 Å². The van der Waals surface area contributed by atoms with Crippen LogP contribution in [0.4, 0.5) is 4.79 Å². The van der Waals surface area contributed by atoms with Crippen LogP contribution in [0, 0.1) is 0 Å². The molecule has 0 spiro atoms. The molecular formula is C16H23N3O6. The number of methoxy groups -OCH3 is 1. The summed E-state index contributed by atoms with van der Waals surface area (Å²) < 4.78 is 15.2. The van der Waals surface area contributed by atoms with Crippen LogP contribution in [0.3, 0.4) is 0 Å². The van der Waals surface area contributed by atoms with Crippen molar-refractivity contribution in [1.29, 1.82) is 0 Å². The molecule has 1 aromatic rings. The first kappa shape index (κ1) is 20.1. The van der Waals surface area contributed by atoms with Crippen molar-refractivity contribution in [2.45, 2.75) is 20.3 Å². The molecule has 0 unspecified atom stereocenters. The van der Waals surface area contributed by atoms with E-state index in [2.05, 4.69) is 20.9 Å². The molecule has 0 atom stereocenters. The van der Waals surface area contributed by atoms with E-state index in [0.29, 0.717) is 23.7 Å². The fourth-order valence-corrected chi connectivity index (χ4v) is 1.80. The van der Waals surface area contributed by atoms with Crippen molar-refractivity contribution in [3.8, 4) is 11.5 Å². The number of alkyl carbamates (subject to hydrolysis) is 1. The van der Waals surface area contributed by atoms with E-state index in [0.717, 1.165) is 0 Å². The molecule has 138 valence electrons. The van der Waals surface area contributed by atoms with Crippen molar-refractivity contribution in [3.05, 3.63) is 23.8 Å². The largest absolute Gasteiger partial charge is 0.493 e. The second-order valence-corrected chi connectivity index (χ2v) is 4.70. The first-order valence-corrected chi connectivity index (χ1v) is 7.82. The molecule has 0 radical (unpaired) electrons. The van der Waals surface area contributed by atoms with E-state index in [4.69, 9.17) is 9.47 Å². The van der Waals surface area contributed by atoms with Crippen molar-refractivity contribution < 1.29 is 28.6 Å². The number of hydrogen-bond donors (Lipinski definition) is 3. The SMILES string of the molecule is CCOC(=O)NCCC(=O)NNC(=O)c1ccc(OCC)c(OC)c1. The Morgan fingerprint density at radius 3 is 2.44 bits per heavy atom. The Hall–Kier alpha value is -2.97. The molecule has 0 heterocycles. The van der Waals surface area contributed by atoms with Crippen LogP contribution in [-0.2, 0) is 9.53 Å². The topological polar surface area (TPSA) is 115 Å². The normalized spacial score (nSPS) is 9.72. The zero-order valence-corrected chi connectivity index (χ0v) is 14.5. The highest BCUT2D eigenvalue weighted by molar-refractivity contribution is 5.96. The van der Waals surface area contributed by atoms with Crippen LogP contribution in [0.5, 0.6) is 11.5 Å². The van der Waals surface area contributed by atoms with Crippen LogP contribution < -0.4 is 25.6 Å². The monoisotopic (exact) mass is 353 g/mol. The van der Waals surface area contributed by atoms with Crippen molar-refractivity contribution in [2.75, 3.05) is 26.9 Å². The highest BCUT2D eigenvalue weighted by Gasteiger charge is 2.12. The third kappa shape index (κ3) is 6.98. The van der Waals surface area contributed by atoms with Crippen molar-refractivity contribution in [2.24, 2.45) is 0 Å². The van der Waals surface area contributed by atoms with Crippen LogP contribution >= 0.6 is 0 Å². The van der Waals surface area contributed by atoms with Crippen molar-refractivity contribution in [1.82, 2.24) is 16.2 Å². The molecule has 0 aliphatic carbocycles. The Labute approximate surface area is 146 Å². The smallest absolute Gasteiger partial charge is 0.407 e. The standard InChI is InChI=1S/C16H23N3O6/c1-4-24-12-7-6-11(10-13(12)23-3)15(21)19-18-14(20)8-9-17-16(22)25-5-2/h6-7,10H,4-5,8-9H2,1-3H3,(H,17,22)(H,18,20)(H,19,21). The predicted molar refractivity (Wildman–Crippen MR) is 89.4 cm³/mol. The van der Waals surface area contributed by atoms with Crippen LogP contribution in [0.25, 0.3) is 0 Å². The van der Waals surface area contributed by atoms with Gasteiger partial charge in [-0.05, 0) is 32.0 Å². The van der Waals surface area contributed by atoms with Crippen LogP contribution in [-0.4, -0.2) is 44.8 Å². The first-order chi connectivity index (χ1) is 12.0. The zero-order chi connectivity index (χ0) is 18.7. The zero-order valence-electron chi connectivity index (χ0n) is 14.5. The lowest BCUT2D eigenvalue weighted by atomic mass is 10.2. The van der Waals surface area contributed by atoms with Gasteiger partial charge < -0.3 is 19.5 Å². The van der Waals surface area contributed by atoms with Gasteiger partial charge in [0.2, 0.25) is 5.91 Å². The van der Waals surface area contributed by atoms with Gasteiger partial charge in [-0.25, -0.2) is 4.79 Å². The fourth-order valence-electron chi connectivity index (χ4n) is 1.80. The van der Waals surface area contributed by atoms with Crippen molar-refractivity contribution in [3.63, 3.8) is 0 Å². The molecule has 0 aliphatic heterocycles. The highest BCUT2D eigenvalue weighted by atomic mass is 16.5. The van der Waals surface area contributed by atoms with E-state index < -0.39 is 17.9 Å². The maximum absolute atomic E-state index is 12.0. The van der Waals surface area contributed by atoms with Crippen LogP contribution in [0.2, 0.25) is 0 Å². The lowest BCUT2D eigenvalue weighted by molar-refractivity contribution is -0.121. The summed E-state index contributed by atoms with van der Waals surface area (Å²) in [6.07, 6.45) is -0.605. The number of carbonyl (C=O) groups excluding carboxylic acids is 3. The number of hydrazine groups is 1. The molecule has 0 saturated heterocycles. The molecule has 1 rings (SSSR count).